The van der Waals surface area contributed by atoms with Crippen LogP contribution < -0.4 is 5.32 Å². The highest BCUT2D eigenvalue weighted by molar-refractivity contribution is 7.99. The van der Waals surface area contributed by atoms with Crippen molar-refractivity contribution in [3.05, 3.63) is 0 Å². The summed E-state index contributed by atoms with van der Waals surface area (Å²) >= 11 is 1.91. The van der Waals surface area contributed by atoms with Crippen LogP contribution >= 0.6 is 11.8 Å². The van der Waals surface area contributed by atoms with Gasteiger partial charge in [0, 0.05) is 43.6 Å². The predicted octanol–water partition coefficient (Wildman–Crippen LogP) is 1.34. The Kier molecular flexibility index (Phi) is 6.10. The van der Waals surface area contributed by atoms with E-state index in [0.717, 1.165) is 31.9 Å². The first kappa shape index (κ1) is 12.8. The molecule has 88 valence electrons. The van der Waals surface area contributed by atoms with E-state index in [1.165, 1.54) is 6.42 Å². The molecular weight excluding hydrogens is 208 g/mol. The van der Waals surface area contributed by atoms with Crippen molar-refractivity contribution in [3.63, 3.8) is 0 Å². The van der Waals surface area contributed by atoms with Crippen molar-refractivity contribution < 1.29 is 4.79 Å². The Labute approximate surface area is 97.0 Å². The van der Waals surface area contributed by atoms with Crippen molar-refractivity contribution in [2.45, 2.75) is 31.9 Å². The molecule has 4 heteroatoms. The van der Waals surface area contributed by atoms with Crippen molar-refractivity contribution in [2.75, 3.05) is 31.9 Å². The van der Waals surface area contributed by atoms with Crippen LogP contribution in [0.5, 0.6) is 0 Å². The van der Waals surface area contributed by atoms with E-state index in [1.807, 2.05) is 16.7 Å². The summed E-state index contributed by atoms with van der Waals surface area (Å²) in [6.45, 7) is 8.07. The fourth-order valence-electron chi connectivity index (χ4n) is 1.54. The number of carbonyl (C=O) groups excluding carboxylic acids is 1. The van der Waals surface area contributed by atoms with Crippen LogP contribution in [0.1, 0.15) is 26.7 Å². The van der Waals surface area contributed by atoms with Crippen LogP contribution in [0.2, 0.25) is 0 Å². The van der Waals surface area contributed by atoms with Crippen LogP contribution in [0.25, 0.3) is 0 Å². The van der Waals surface area contributed by atoms with Gasteiger partial charge in [0.15, 0.2) is 0 Å². The number of rotatable bonds is 5. The molecule has 0 aromatic carbocycles. The summed E-state index contributed by atoms with van der Waals surface area (Å²) in [5.74, 6) is 1.30. The highest BCUT2D eigenvalue weighted by Gasteiger charge is 2.15. The Morgan fingerprint density at radius 2 is 2.13 bits per heavy atom. The summed E-state index contributed by atoms with van der Waals surface area (Å²) < 4.78 is 0. The first-order chi connectivity index (χ1) is 7.24. The highest BCUT2D eigenvalue weighted by atomic mass is 32.2. The summed E-state index contributed by atoms with van der Waals surface area (Å²) in [5, 5.41) is 3.94. The van der Waals surface area contributed by atoms with Crippen molar-refractivity contribution in [3.8, 4) is 0 Å². The maximum Gasteiger partial charge on any atom is 0.223 e. The van der Waals surface area contributed by atoms with Gasteiger partial charge in [0.25, 0.3) is 0 Å². The molecular formula is C11H22N2OS. The van der Waals surface area contributed by atoms with Crippen LogP contribution in [-0.2, 0) is 4.79 Å². The molecule has 0 spiro atoms. The van der Waals surface area contributed by atoms with Gasteiger partial charge in [0.2, 0.25) is 5.91 Å². The number of nitrogens with zero attached hydrogens (tertiary/aromatic N) is 1. The number of piperazine rings is 1. The summed E-state index contributed by atoms with van der Waals surface area (Å²) in [5.41, 5.74) is 0. The van der Waals surface area contributed by atoms with E-state index in [-0.39, 0.29) is 0 Å². The van der Waals surface area contributed by atoms with Crippen LogP contribution in [0.4, 0.5) is 0 Å². The largest absolute Gasteiger partial charge is 0.340 e. The van der Waals surface area contributed by atoms with E-state index in [4.69, 9.17) is 0 Å². The standard InChI is InChI=1S/C11H22N2OS/c1-3-10(2)15-9-4-11(14)13-7-5-12-6-8-13/h10,12H,3-9H2,1-2H3. The lowest BCUT2D eigenvalue weighted by atomic mass is 10.3. The maximum atomic E-state index is 11.8. The maximum absolute atomic E-state index is 11.8. The average Bonchev–Trinajstić information content (AvgIpc) is 2.29. The van der Waals surface area contributed by atoms with Gasteiger partial charge in [-0.05, 0) is 6.42 Å². The van der Waals surface area contributed by atoms with Crippen LogP contribution in [0.15, 0.2) is 0 Å². The van der Waals surface area contributed by atoms with E-state index in [9.17, 15) is 4.79 Å². The monoisotopic (exact) mass is 230 g/mol. The molecule has 1 heterocycles. The fourth-order valence-corrected chi connectivity index (χ4v) is 2.47. The third kappa shape index (κ3) is 4.89. The van der Waals surface area contributed by atoms with Gasteiger partial charge in [-0.2, -0.15) is 11.8 Å². The number of amides is 1. The topological polar surface area (TPSA) is 32.3 Å². The Bertz CT molecular complexity index is 193. The van der Waals surface area contributed by atoms with Gasteiger partial charge in [-0.25, -0.2) is 0 Å². The number of carbonyl (C=O) groups is 1. The van der Waals surface area contributed by atoms with Gasteiger partial charge in [0.1, 0.15) is 0 Å². The molecule has 3 nitrogen and oxygen atoms in total. The van der Waals surface area contributed by atoms with E-state index in [1.54, 1.807) is 0 Å². The smallest absolute Gasteiger partial charge is 0.223 e. The molecule has 1 aliphatic heterocycles. The summed E-state index contributed by atoms with van der Waals surface area (Å²) in [6.07, 6.45) is 1.89. The van der Waals surface area contributed by atoms with E-state index in [0.29, 0.717) is 17.6 Å². The molecule has 0 bridgehead atoms. The van der Waals surface area contributed by atoms with Gasteiger partial charge in [-0.3, -0.25) is 4.79 Å². The Balaban J connectivity index is 2.12. The van der Waals surface area contributed by atoms with Crippen molar-refractivity contribution in [1.29, 1.82) is 0 Å². The van der Waals surface area contributed by atoms with E-state index < -0.39 is 0 Å². The molecule has 0 radical (unpaired) electrons. The quantitative estimate of drug-likeness (QED) is 0.773. The number of hydrogen-bond donors (Lipinski definition) is 1. The Hall–Kier alpha value is -0.220. The van der Waals surface area contributed by atoms with E-state index in [2.05, 4.69) is 19.2 Å². The minimum Gasteiger partial charge on any atom is -0.340 e. The van der Waals surface area contributed by atoms with Crippen LogP contribution in [0, 0.1) is 0 Å². The lowest BCUT2D eigenvalue weighted by Gasteiger charge is -2.27. The van der Waals surface area contributed by atoms with Gasteiger partial charge >= 0.3 is 0 Å². The molecule has 0 aliphatic carbocycles. The number of nitrogens with one attached hydrogen (secondary N) is 1. The number of thioether (sulfide) groups is 1. The predicted molar refractivity (Wildman–Crippen MR) is 66.3 cm³/mol. The molecule has 1 atom stereocenters. The van der Waals surface area contributed by atoms with Crippen molar-refractivity contribution in [1.82, 2.24) is 10.2 Å². The lowest BCUT2D eigenvalue weighted by Crippen LogP contribution is -2.46. The Morgan fingerprint density at radius 1 is 1.47 bits per heavy atom. The highest BCUT2D eigenvalue weighted by Crippen LogP contribution is 2.14. The minimum absolute atomic E-state index is 0.326. The number of hydrogen-bond acceptors (Lipinski definition) is 3. The third-order valence-electron chi connectivity index (χ3n) is 2.76. The average molecular weight is 230 g/mol. The normalized spacial score (nSPS) is 18.9. The summed E-state index contributed by atoms with van der Waals surface area (Å²) in [4.78, 5) is 13.7. The van der Waals surface area contributed by atoms with E-state index >= 15 is 0 Å². The summed E-state index contributed by atoms with van der Waals surface area (Å²) in [6, 6.07) is 0. The Morgan fingerprint density at radius 3 is 2.73 bits per heavy atom. The summed E-state index contributed by atoms with van der Waals surface area (Å²) in [7, 11) is 0. The molecule has 0 saturated carbocycles. The van der Waals surface area contributed by atoms with Crippen molar-refractivity contribution >= 4 is 17.7 Å². The SMILES string of the molecule is CCC(C)SCCC(=O)N1CCNCC1. The molecule has 1 aliphatic rings. The fraction of sp³-hybridized carbons (Fsp3) is 0.909. The lowest BCUT2D eigenvalue weighted by molar-refractivity contribution is -0.131. The molecule has 1 amide bonds. The van der Waals surface area contributed by atoms with Crippen LogP contribution in [0.3, 0.4) is 0 Å². The van der Waals surface area contributed by atoms with Gasteiger partial charge in [-0.15, -0.1) is 0 Å². The molecule has 1 N–H and O–H groups in total. The zero-order valence-electron chi connectivity index (χ0n) is 9.79. The van der Waals surface area contributed by atoms with Crippen LogP contribution in [-0.4, -0.2) is 48.0 Å². The minimum atomic E-state index is 0.326. The van der Waals surface area contributed by atoms with Crippen molar-refractivity contribution in [2.24, 2.45) is 0 Å². The molecule has 1 unspecified atom stereocenters. The second-order valence-electron chi connectivity index (χ2n) is 3.97. The van der Waals surface area contributed by atoms with Gasteiger partial charge < -0.3 is 10.2 Å². The molecule has 1 rings (SSSR count). The first-order valence-corrected chi connectivity index (χ1v) is 6.89. The molecule has 1 saturated heterocycles. The van der Waals surface area contributed by atoms with Gasteiger partial charge in [0.05, 0.1) is 0 Å². The molecule has 0 aromatic heterocycles. The molecule has 0 aromatic rings. The first-order valence-electron chi connectivity index (χ1n) is 5.84. The van der Waals surface area contributed by atoms with Gasteiger partial charge in [-0.1, -0.05) is 13.8 Å². The molecule has 1 fully saturated rings. The zero-order valence-corrected chi connectivity index (χ0v) is 10.6. The third-order valence-corrected chi connectivity index (χ3v) is 4.11. The second kappa shape index (κ2) is 7.12. The molecule has 15 heavy (non-hydrogen) atoms. The zero-order chi connectivity index (χ0) is 11.1. The second-order valence-corrected chi connectivity index (χ2v) is 5.52.